The van der Waals surface area contributed by atoms with Gasteiger partial charge in [-0.1, -0.05) is 0 Å². The van der Waals surface area contributed by atoms with Crippen LogP contribution in [0.2, 0.25) is 0 Å². The van der Waals surface area contributed by atoms with Gasteiger partial charge in [-0.15, -0.1) is 11.3 Å². The van der Waals surface area contributed by atoms with E-state index in [1.807, 2.05) is 27.1 Å². The molecule has 4 rings (SSSR count). The van der Waals surface area contributed by atoms with Crippen LogP contribution in [-0.2, 0) is 11.3 Å². The Morgan fingerprint density at radius 1 is 1.29 bits per heavy atom. The Labute approximate surface area is 166 Å². The van der Waals surface area contributed by atoms with Gasteiger partial charge >= 0.3 is 0 Å². The number of nitrogens with zero attached hydrogens (tertiary/aromatic N) is 3. The fourth-order valence-electron chi connectivity index (χ4n) is 3.50. The van der Waals surface area contributed by atoms with Crippen molar-refractivity contribution in [1.29, 1.82) is 0 Å². The number of rotatable bonds is 9. The Kier molecular flexibility index (Phi) is 5.87. The molecule has 1 saturated heterocycles. The van der Waals surface area contributed by atoms with Crippen molar-refractivity contribution in [2.45, 2.75) is 31.8 Å². The van der Waals surface area contributed by atoms with E-state index in [9.17, 15) is 9.18 Å². The zero-order chi connectivity index (χ0) is 19.3. The number of fused-ring (bicyclic) bond motifs is 1. The van der Waals surface area contributed by atoms with E-state index in [-0.39, 0.29) is 17.8 Å². The normalized spacial score (nSPS) is 17.0. The number of benzene rings is 1. The van der Waals surface area contributed by atoms with Crippen molar-refractivity contribution in [1.82, 2.24) is 19.6 Å². The molecule has 6 nitrogen and oxygen atoms in total. The molecule has 3 aromatic rings. The Hall–Kier alpha value is -2.45. The minimum Gasteiger partial charge on any atom is -0.492 e. The second-order valence-electron chi connectivity index (χ2n) is 6.88. The summed E-state index contributed by atoms with van der Waals surface area (Å²) in [6.45, 7) is 2.62. The number of likely N-dealkylation sites (tertiary alicyclic amines) is 1. The van der Waals surface area contributed by atoms with Crippen LogP contribution in [-0.4, -0.2) is 45.9 Å². The Morgan fingerprint density at radius 3 is 2.96 bits per heavy atom. The first-order valence-corrected chi connectivity index (χ1v) is 10.4. The van der Waals surface area contributed by atoms with E-state index in [2.05, 4.69) is 10.3 Å². The summed E-state index contributed by atoms with van der Waals surface area (Å²) in [5, 5.41) is 5.36. The number of amides is 1. The minimum atomic E-state index is -0.267. The second kappa shape index (κ2) is 8.70. The number of hydrogen-bond donors (Lipinski definition) is 1. The molecular formula is C20H23FN4O2S. The van der Waals surface area contributed by atoms with Gasteiger partial charge in [0.25, 0.3) is 0 Å². The summed E-state index contributed by atoms with van der Waals surface area (Å²) in [7, 11) is 0. The van der Waals surface area contributed by atoms with Crippen molar-refractivity contribution in [3.8, 4) is 5.75 Å². The largest absolute Gasteiger partial charge is 0.492 e. The predicted octanol–water partition coefficient (Wildman–Crippen LogP) is 3.08. The molecule has 1 atom stereocenters. The average molecular weight is 402 g/mol. The third-order valence-corrected chi connectivity index (χ3v) is 5.71. The zero-order valence-corrected chi connectivity index (χ0v) is 16.3. The molecule has 8 heteroatoms. The van der Waals surface area contributed by atoms with E-state index in [4.69, 9.17) is 4.74 Å². The summed E-state index contributed by atoms with van der Waals surface area (Å²) in [6, 6.07) is 6.27. The quantitative estimate of drug-likeness (QED) is 0.559. The molecule has 0 unspecified atom stereocenters. The first kappa shape index (κ1) is 18.9. The van der Waals surface area contributed by atoms with Crippen molar-refractivity contribution in [3.63, 3.8) is 0 Å². The number of hydrogen-bond acceptors (Lipinski definition) is 5. The lowest BCUT2D eigenvalue weighted by Gasteiger charge is -2.24. The molecule has 0 radical (unpaired) electrons. The molecule has 0 spiro atoms. The van der Waals surface area contributed by atoms with Gasteiger partial charge in [0.1, 0.15) is 18.2 Å². The van der Waals surface area contributed by atoms with Crippen LogP contribution in [0.4, 0.5) is 4.39 Å². The fourth-order valence-corrected chi connectivity index (χ4v) is 4.22. The van der Waals surface area contributed by atoms with E-state index in [1.165, 1.54) is 12.1 Å². The highest BCUT2D eigenvalue weighted by molar-refractivity contribution is 7.15. The molecule has 1 aliphatic heterocycles. The van der Waals surface area contributed by atoms with Gasteiger partial charge in [0.05, 0.1) is 12.2 Å². The van der Waals surface area contributed by atoms with Crippen LogP contribution in [0.5, 0.6) is 5.75 Å². The van der Waals surface area contributed by atoms with Gasteiger partial charge in [0.15, 0.2) is 4.96 Å². The van der Waals surface area contributed by atoms with Crippen LogP contribution >= 0.6 is 11.3 Å². The summed E-state index contributed by atoms with van der Waals surface area (Å²) < 4.78 is 20.4. The molecule has 0 saturated carbocycles. The second-order valence-corrected chi connectivity index (χ2v) is 7.75. The molecule has 0 bridgehead atoms. The van der Waals surface area contributed by atoms with Crippen molar-refractivity contribution >= 4 is 22.2 Å². The molecule has 28 heavy (non-hydrogen) atoms. The van der Waals surface area contributed by atoms with E-state index >= 15 is 0 Å². The van der Waals surface area contributed by atoms with Gasteiger partial charge in [-0.3, -0.25) is 9.20 Å². The molecule has 1 aromatic carbocycles. The molecule has 3 heterocycles. The molecule has 148 valence electrons. The van der Waals surface area contributed by atoms with Gasteiger partial charge in [-0.05, 0) is 43.7 Å². The van der Waals surface area contributed by atoms with Crippen molar-refractivity contribution < 1.29 is 13.9 Å². The van der Waals surface area contributed by atoms with Crippen LogP contribution in [0.1, 0.15) is 25.0 Å². The lowest BCUT2D eigenvalue weighted by atomic mass is 10.1. The third kappa shape index (κ3) is 4.51. The summed E-state index contributed by atoms with van der Waals surface area (Å²) in [4.78, 5) is 19.8. The molecular weight excluding hydrogens is 379 g/mol. The lowest BCUT2D eigenvalue weighted by molar-refractivity contribution is -0.129. The van der Waals surface area contributed by atoms with Crippen LogP contribution in [0.15, 0.2) is 42.0 Å². The number of carbonyl (C=O) groups excluding carboxylic acids is 1. The van der Waals surface area contributed by atoms with Gasteiger partial charge in [0, 0.05) is 36.8 Å². The van der Waals surface area contributed by atoms with E-state index in [0.717, 1.165) is 30.0 Å². The predicted molar refractivity (Wildman–Crippen MR) is 106 cm³/mol. The number of halogens is 1. The molecule has 2 aromatic heterocycles. The topological polar surface area (TPSA) is 58.9 Å². The molecule has 1 amide bonds. The number of thiazole rings is 1. The Bertz CT molecular complexity index is 895. The van der Waals surface area contributed by atoms with E-state index in [0.29, 0.717) is 31.9 Å². The molecule has 1 N–H and O–H groups in total. The highest BCUT2D eigenvalue weighted by Gasteiger charge is 2.30. The highest BCUT2D eigenvalue weighted by Crippen LogP contribution is 2.24. The molecule has 1 fully saturated rings. The van der Waals surface area contributed by atoms with Gasteiger partial charge in [0.2, 0.25) is 5.91 Å². The first-order valence-electron chi connectivity index (χ1n) is 9.49. The monoisotopic (exact) mass is 402 g/mol. The fraction of sp³-hybridized carbons (Fsp3) is 0.400. The Morgan fingerprint density at radius 2 is 2.14 bits per heavy atom. The lowest BCUT2D eigenvalue weighted by Crippen LogP contribution is -2.35. The number of aromatic nitrogens is 2. The SMILES string of the molecule is O=C1CC[C@H](CCNCCOc2ccc(F)cc2)N1Cc1cn2ccsc2n1. The van der Waals surface area contributed by atoms with Crippen molar-refractivity contribution in [2.75, 3.05) is 19.7 Å². The number of ether oxygens (including phenoxy) is 1. The van der Waals surface area contributed by atoms with Crippen LogP contribution in [0.3, 0.4) is 0 Å². The van der Waals surface area contributed by atoms with E-state index in [1.54, 1.807) is 23.5 Å². The Balaban J connectivity index is 1.19. The standard InChI is InChI=1S/C20H23FN4O2S/c21-15-1-4-18(5-2-15)27-11-9-22-8-7-17-3-6-19(26)25(17)14-16-13-24-10-12-28-20(24)23-16/h1-2,4-5,10,12-13,17,22H,3,6-9,11,14H2/t17-/m1/s1. The smallest absolute Gasteiger partial charge is 0.223 e. The van der Waals surface area contributed by atoms with Crippen LogP contribution in [0, 0.1) is 5.82 Å². The molecule has 0 aliphatic carbocycles. The maximum absolute atomic E-state index is 12.9. The minimum absolute atomic E-state index is 0.209. The summed E-state index contributed by atoms with van der Waals surface area (Å²) in [5.74, 6) is 0.605. The van der Waals surface area contributed by atoms with Crippen LogP contribution < -0.4 is 10.1 Å². The maximum atomic E-state index is 12.9. The maximum Gasteiger partial charge on any atom is 0.223 e. The van der Waals surface area contributed by atoms with Crippen molar-refractivity contribution in [3.05, 3.63) is 53.6 Å². The van der Waals surface area contributed by atoms with E-state index < -0.39 is 0 Å². The summed E-state index contributed by atoms with van der Waals surface area (Å²) in [5.41, 5.74) is 0.938. The zero-order valence-electron chi connectivity index (χ0n) is 15.5. The number of carbonyl (C=O) groups is 1. The van der Waals surface area contributed by atoms with Gasteiger partial charge < -0.3 is 15.0 Å². The first-order chi connectivity index (χ1) is 13.7. The average Bonchev–Trinajstić information content (AvgIpc) is 3.37. The van der Waals surface area contributed by atoms with Crippen molar-refractivity contribution in [2.24, 2.45) is 0 Å². The summed E-state index contributed by atoms with van der Waals surface area (Å²) >= 11 is 1.60. The number of nitrogens with one attached hydrogen (secondary N) is 1. The van der Waals surface area contributed by atoms with Gasteiger partial charge in [-0.25, -0.2) is 9.37 Å². The number of imidazole rings is 1. The summed E-state index contributed by atoms with van der Waals surface area (Å²) in [6.07, 6.45) is 6.40. The van der Waals surface area contributed by atoms with Gasteiger partial charge in [-0.2, -0.15) is 0 Å². The highest BCUT2D eigenvalue weighted by atomic mass is 32.1. The van der Waals surface area contributed by atoms with Crippen LogP contribution in [0.25, 0.3) is 4.96 Å². The molecule has 1 aliphatic rings. The third-order valence-electron chi connectivity index (χ3n) is 4.94.